The molecule has 11 heteroatoms. The molecule has 3 aromatic carbocycles. The van der Waals surface area contributed by atoms with Crippen molar-refractivity contribution in [3.8, 4) is 17.2 Å². The molecule has 1 aliphatic heterocycles. The van der Waals surface area contributed by atoms with Crippen molar-refractivity contribution in [1.29, 1.82) is 0 Å². The lowest BCUT2D eigenvalue weighted by molar-refractivity contribution is -0.123. The van der Waals surface area contributed by atoms with Crippen molar-refractivity contribution in [3.05, 3.63) is 85.7 Å². The molecule has 1 N–H and O–H groups in total. The van der Waals surface area contributed by atoms with E-state index in [4.69, 9.17) is 25.8 Å². The summed E-state index contributed by atoms with van der Waals surface area (Å²) >= 11 is 10.4. The molecule has 1 heterocycles. The summed E-state index contributed by atoms with van der Waals surface area (Å²) in [5, 5.41) is 2.75. The number of rotatable bonds is 11. The molecule has 0 atom stereocenters. The Hall–Kier alpha value is -3.47. The van der Waals surface area contributed by atoms with Gasteiger partial charge in [0.15, 0.2) is 18.1 Å². The van der Waals surface area contributed by atoms with E-state index < -0.39 is 11.8 Å². The summed E-state index contributed by atoms with van der Waals surface area (Å²) in [6.45, 7) is 6.19. The van der Waals surface area contributed by atoms with Crippen LogP contribution >= 0.6 is 39.3 Å². The number of halogens is 2. The van der Waals surface area contributed by atoms with Crippen molar-refractivity contribution in [3.63, 3.8) is 0 Å². The molecule has 4 rings (SSSR count). The number of ether oxygens (including phenoxy) is 3. The Morgan fingerprint density at radius 1 is 1.10 bits per heavy atom. The topological polar surface area (TPSA) is 94.2 Å². The van der Waals surface area contributed by atoms with Crippen LogP contribution < -0.4 is 19.5 Å². The third-order valence-electron chi connectivity index (χ3n) is 6.28. The molecule has 220 valence electrons. The molecule has 1 aliphatic rings. The van der Waals surface area contributed by atoms with Gasteiger partial charge >= 0.3 is 0 Å². The number of thioether (sulfide) groups is 1. The predicted octanol–water partition coefficient (Wildman–Crippen LogP) is 7.68. The molecule has 3 amide bonds. The molecule has 0 aliphatic carbocycles. The quantitative estimate of drug-likeness (QED) is 0.209. The van der Waals surface area contributed by atoms with Gasteiger partial charge in [0.1, 0.15) is 12.4 Å². The molecular formula is C31H30BrClN2O6S. The summed E-state index contributed by atoms with van der Waals surface area (Å²) in [4.78, 5) is 39.6. The van der Waals surface area contributed by atoms with Crippen molar-refractivity contribution < 1.29 is 28.6 Å². The first-order valence-corrected chi connectivity index (χ1v) is 15.1. The van der Waals surface area contributed by atoms with Gasteiger partial charge in [-0.05, 0) is 93.6 Å². The van der Waals surface area contributed by atoms with Crippen LogP contribution in [0.15, 0.2) is 64.0 Å². The summed E-state index contributed by atoms with van der Waals surface area (Å²) in [6.07, 6.45) is 1.62. The standard InChI is InChI=1S/C31H30BrClN2O6S/c1-18(2)21-10-9-19(3)13-25(21)40-12-11-35-30(37)27(42-31(35)38)16-20-14-22(32)29(26(15-20)39-4)41-17-28(36)34-24-8-6-5-7-23(24)33/h5-10,13-16,18H,11-12,17H2,1-4H3,(H,34,36)/b27-16-. The number of hydrogen-bond acceptors (Lipinski definition) is 7. The highest BCUT2D eigenvalue weighted by molar-refractivity contribution is 9.10. The summed E-state index contributed by atoms with van der Waals surface area (Å²) in [5.74, 6) is 0.890. The van der Waals surface area contributed by atoms with Gasteiger partial charge in [0.2, 0.25) is 0 Å². The van der Waals surface area contributed by atoms with E-state index in [0.29, 0.717) is 32.2 Å². The Morgan fingerprint density at radius 2 is 1.86 bits per heavy atom. The van der Waals surface area contributed by atoms with Crippen LogP contribution in [0, 0.1) is 6.92 Å². The maximum atomic E-state index is 13.1. The third kappa shape index (κ3) is 7.67. The largest absolute Gasteiger partial charge is 0.493 e. The summed E-state index contributed by atoms with van der Waals surface area (Å²) in [6, 6.07) is 16.3. The number of anilines is 1. The average molecular weight is 674 g/mol. The number of aryl methyl sites for hydroxylation is 1. The minimum absolute atomic E-state index is 0.129. The lowest BCUT2D eigenvalue weighted by Gasteiger charge is -2.17. The van der Waals surface area contributed by atoms with Crippen LogP contribution in [0.25, 0.3) is 6.08 Å². The molecule has 0 unspecified atom stereocenters. The zero-order valence-corrected chi connectivity index (χ0v) is 26.7. The molecule has 0 radical (unpaired) electrons. The van der Waals surface area contributed by atoms with Gasteiger partial charge in [-0.15, -0.1) is 0 Å². The number of benzene rings is 3. The van der Waals surface area contributed by atoms with Gasteiger partial charge in [-0.1, -0.05) is 49.7 Å². The highest BCUT2D eigenvalue weighted by Crippen LogP contribution is 2.39. The van der Waals surface area contributed by atoms with Gasteiger partial charge in [-0.2, -0.15) is 0 Å². The lowest BCUT2D eigenvalue weighted by atomic mass is 10.0. The number of nitrogens with zero attached hydrogens (tertiary/aromatic N) is 1. The fourth-order valence-corrected chi connectivity index (χ4v) is 5.81. The highest BCUT2D eigenvalue weighted by atomic mass is 79.9. The normalized spacial score (nSPS) is 14.1. The van der Waals surface area contributed by atoms with Crippen LogP contribution in [0.4, 0.5) is 10.5 Å². The number of amides is 3. The molecule has 0 aromatic heterocycles. The summed E-state index contributed by atoms with van der Waals surface area (Å²) in [5.41, 5.74) is 3.23. The Morgan fingerprint density at radius 3 is 2.57 bits per heavy atom. The number of carbonyl (C=O) groups is 3. The maximum absolute atomic E-state index is 13.1. The number of para-hydroxylation sites is 1. The minimum atomic E-state index is -0.401. The number of nitrogens with one attached hydrogen (secondary N) is 1. The first-order valence-electron chi connectivity index (χ1n) is 13.1. The first-order chi connectivity index (χ1) is 20.1. The van der Waals surface area contributed by atoms with E-state index in [-0.39, 0.29) is 35.8 Å². The molecule has 0 saturated carbocycles. The zero-order valence-electron chi connectivity index (χ0n) is 23.5. The van der Waals surface area contributed by atoms with Crippen molar-refractivity contribution in [2.75, 3.05) is 32.2 Å². The van der Waals surface area contributed by atoms with E-state index in [2.05, 4.69) is 35.1 Å². The monoisotopic (exact) mass is 672 g/mol. The number of carbonyl (C=O) groups excluding carboxylic acids is 3. The van der Waals surface area contributed by atoms with Gasteiger partial charge in [-0.25, -0.2) is 0 Å². The number of imide groups is 1. The molecule has 1 fully saturated rings. The molecule has 3 aromatic rings. The van der Waals surface area contributed by atoms with Crippen molar-refractivity contribution in [2.45, 2.75) is 26.7 Å². The van der Waals surface area contributed by atoms with Gasteiger partial charge in [0, 0.05) is 0 Å². The molecule has 42 heavy (non-hydrogen) atoms. The number of hydrogen-bond donors (Lipinski definition) is 1. The van der Waals surface area contributed by atoms with E-state index in [9.17, 15) is 14.4 Å². The van der Waals surface area contributed by atoms with E-state index >= 15 is 0 Å². The van der Waals surface area contributed by atoms with Crippen LogP contribution in [-0.4, -0.2) is 48.8 Å². The van der Waals surface area contributed by atoms with Crippen molar-refractivity contribution >= 4 is 68.1 Å². The fourth-order valence-electron chi connectivity index (χ4n) is 4.18. The average Bonchev–Trinajstić information content (AvgIpc) is 3.20. The lowest BCUT2D eigenvalue weighted by Crippen LogP contribution is -2.32. The molecular weight excluding hydrogens is 644 g/mol. The van der Waals surface area contributed by atoms with Crippen LogP contribution in [0.1, 0.15) is 36.5 Å². The van der Waals surface area contributed by atoms with Crippen molar-refractivity contribution in [2.24, 2.45) is 0 Å². The second-order valence-electron chi connectivity index (χ2n) is 9.73. The maximum Gasteiger partial charge on any atom is 0.293 e. The Kier molecular flexibility index (Phi) is 10.6. The van der Waals surface area contributed by atoms with Gasteiger partial charge in [0.05, 0.1) is 33.7 Å². The third-order valence-corrected chi connectivity index (χ3v) is 8.11. The van der Waals surface area contributed by atoms with E-state index in [1.165, 1.54) is 12.0 Å². The van der Waals surface area contributed by atoms with Gasteiger partial charge in [-0.3, -0.25) is 19.3 Å². The van der Waals surface area contributed by atoms with Crippen LogP contribution in [0.5, 0.6) is 17.2 Å². The van der Waals surface area contributed by atoms with Crippen LogP contribution in [0.2, 0.25) is 5.02 Å². The molecule has 0 bridgehead atoms. The van der Waals surface area contributed by atoms with Gasteiger partial charge in [0.25, 0.3) is 17.1 Å². The van der Waals surface area contributed by atoms with Gasteiger partial charge < -0.3 is 19.5 Å². The Bertz CT molecular complexity index is 1540. The van der Waals surface area contributed by atoms with Crippen molar-refractivity contribution in [1.82, 2.24) is 4.90 Å². The predicted molar refractivity (Wildman–Crippen MR) is 170 cm³/mol. The van der Waals surface area contributed by atoms with E-state index in [1.54, 1.807) is 42.5 Å². The summed E-state index contributed by atoms with van der Waals surface area (Å²) < 4.78 is 17.7. The van der Waals surface area contributed by atoms with E-state index in [0.717, 1.165) is 28.6 Å². The Labute approximate surface area is 262 Å². The minimum Gasteiger partial charge on any atom is -0.493 e. The zero-order chi connectivity index (χ0) is 30.4. The second-order valence-corrected chi connectivity index (χ2v) is 12.0. The molecule has 8 nitrogen and oxygen atoms in total. The van der Waals surface area contributed by atoms with Crippen LogP contribution in [-0.2, 0) is 9.59 Å². The Balaban J connectivity index is 1.41. The fraction of sp³-hybridized carbons (Fsp3) is 0.258. The first kappa shape index (κ1) is 31.5. The highest BCUT2D eigenvalue weighted by Gasteiger charge is 2.35. The second kappa shape index (κ2) is 14.1. The van der Waals surface area contributed by atoms with Crippen LogP contribution in [0.3, 0.4) is 0 Å². The molecule has 1 saturated heterocycles. The SMILES string of the molecule is COc1cc(/C=C2\SC(=O)N(CCOc3cc(C)ccc3C(C)C)C2=O)cc(Br)c1OCC(=O)Nc1ccccc1Cl. The smallest absolute Gasteiger partial charge is 0.293 e. The number of methoxy groups -OCH3 is 1. The summed E-state index contributed by atoms with van der Waals surface area (Å²) in [7, 11) is 1.47. The van der Waals surface area contributed by atoms with E-state index in [1.807, 2.05) is 25.1 Å². The molecule has 0 spiro atoms.